The van der Waals surface area contributed by atoms with Gasteiger partial charge in [-0.2, -0.15) is 8.78 Å². The monoisotopic (exact) mass is 475 g/mol. The van der Waals surface area contributed by atoms with E-state index in [9.17, 15) is 22.8 Å². The molecule has 1 N–H and O–H groups in total. The first-order valence-electron chi connectivity index (χ1n) is 10.4. The third kappa shape index (κ3) is 5.47. The van der Waals surface area contributed by atoms with E-state index in [1.165, 1.54) is 6.07 Å². The molecule has 2 aromatic carbocycles. The summed E-state index contributed by atoms with van der Waals surface area (Å²) in [6.07, 6.45) is 0.0930. The molecule has 0 saturated carbocycles. The number of aromatic nitrogens is 1. The molecule has 9 heteroatoms. The summed E-state index contributed by atoms with van der Waals surface area (Å²) in [5.41, 5.74) is 0.975. The Morgan fingerprint density at radius 1 is 1.09 bits per heavy atom. The molecule has 0 bridgehead atoms. The number of carbonyl (C=O) groups is 2. The van der Waals surface area contributed by atoms with Crippen molar-refractivity contribution in [1.82, 2.24) is 4.98 Å². The molecule has 0 unspecified atom stereocenters. The highest BCUT2D eigenvalue weighted by molar-refractivity contribution is 5.99. The van der Waals surface area contributed by atoms with Crippen molar-refractivity contribution in [3.63, 3.8) is 0 Å². The summed E-state index contributed by atoms with van der Waals surface area (Å²) >= 11 is 0. The molecule has 180 valence electrons. The second-order valence-electron chi connectivity index (χ2n) is 8.80. The van der Waals surface area contributed by atoms with Gasteiger partial charge in [-0.3, -0.25) is 4.79 Å². The number of hydrogen-bond donors (Lipinski definition) is 1. The molecule has 6 nitrogen and oxygen atoms in total. The topological polar surface area (TPSA) is 85.7 Å². The van der Waals surface area contributed by atoms with Crippen LogP contribution in [0, 0.1) is 18.2 Å². The van der Waals surface area contributed by atoms with Gasteiger partial charge in [0.15, 0.2) is 12.4 Å². The average molecular weight is 475 g/mol. The molecule has 3 rings (SSSR count). The van der Waals surface area contributed by atoms with Crippen LogP contribution in [0.4, 0.5) is 13.2 Å². The summed E-state index contributed by atoms with van der Waals surface area (Å²) < 4.78 is 50.7. The maximum Gasteiger partial charge on any atom is 0.388 e. The van der Waals surface area contributed by atoms with Crippen molar-refractivity contribution in [3.8, 4) is 11.6 Å². The van der Waals surface area contributed by atoms with E-state index in [4.69, 9.17) is 9.84 Å². The molecular formula is C25H24F3NO5. The number of carboxylic acids is 1. The molecule has 0 aliphatic carbocycles. The molecule has 0 saturated heterocycles. The molecule has 0 aliphatic rings. The van der Waals surface area contributed by atoms with Gasteiger partial charge in [-0.15, -0.1) is 0 Å². The van der Waals surface area contributed by atoms with Gasteiger partial charge >= 0.3 is 12.6 Å². The third-order valence-electron chi connectivity index (χ3n) is 5.22. The minimum absolute atomic E-state index is 0.0416. The largest absolute Gasteiger partial charge is 0.481 e. The number of ketones is 1. The van der Waals surface area contributed by atoms with E-state index in [-0.39, 0.29) is 34.4 Å². The molecular weight excluding hydrogens is 451 g/mol. The Bertz CT molecular complexity index is 1230. The van der Waals surface area contributed by atoms with Crippen LogP contribution in [-0.4, -0.2) is 35.1 Å². The zero-order valence-corrected chi connectivity index (χ0v) is 19.1. The highest BCUT2D eigenvalue weighted by Gasteiger charge is 2.24. The number of nitrogens with zero attached hydrogens (tertiary/aromatic N) is 1. The minimum Gasteiger partial charge on any atom is -0.481 e. The zero-order valence-electron chi connectivity index (χ0n) is 19.1. The van der Waals surface area contributed by atoms with Gasteiger partial charge in [0.25, 0.3) is 0 Å². The maximum absolute atomic E-state index is 14.5. The number of carboxylic acid groups (broad SMARTS) is 1. The van der Waals surface area contributed by atoms with Crippen LogP contribution in [0.2, 0.25) is 0 Å². The smallest absolute Gasteiger partial charge is 0.388 e. The van der Waals surface area contributed by atoms with Crippen LogP contribution in [0.15, 0.2) is 36.4 Å². The van der Waals surface area contributed by atoms with Crippen molar-refractivity contribution in [3.05, 3.63) is 64.5 Å². The number of aryl methyl sites for hydroxylation is 1. The van der Waals surface area contributed by atoms with E-state index in [0.717, 1.165) is 6.07 Å². The predicted molar refractivity (Wildman–Crippen MR) is 119 cm³/mol. The first-order valence-corrected chi connectivity index (χ1v) is 10.4. The Morgan fingerprint density at radius 2 is 1.74 bits per heavy atom. The Kier molecular flexibility index (Phi) is 7.14. The third-order valence-corrected chi connectivity index (χ3v) is 5.22. The quantitative estimate of drug-likeness (QED) is 0.429. The molecule has 1 aromatic heterocycles. The van der Waals surface area contributed by atoms with Crippen molar-refractivity contribution in [2.45, 2.75) is 40.7 Å². The number of pyridine rings is 1. The van der Waals surface area contributed by atoms with Crippen LogP contribution in [-0.2, 0) is 11.2 Å². The number of hydrogen-bond acceptors (Lipinski definition) is 5. The van der Waals surface area contributed by atoms with E-state index in [1.807, 2.05) is 20.8 Å². The van der Waals surface area contributed by atoms with E-state index in [2.05, 4.69) is 9.72 Å². The van der Waals surface area contributed by atoms with Crippen LogP contribution in [0.25, 0.3) is 10.9 Å². The first kappa shape index (κ1) is 25.0. The number of rotatable bonds is 8. The molecule has 0 spiro atoms. The number of halogens is 3. The fraction of sp³-hybridized carbons (Fsp3) is 0.320. The zero-order chi connectivity index (χ0) is 25.2. The van der Waals surface area contributed by atoms with Crippen LogP contribution in [0.3, 0.4) is 0 Å². The van der Waals surface area contributed by atoms with Crippen LogP contribution >= 0.6 is 0 Å². The number of alkyl halides is 2. The fourth-order valence-corrected chi connectivity index (χ4v) is 3.56. The lowest BCUT2D eigenvalue weighted by Gasteiger charge is -2.18. The normalized spacial score (nSPS) is 11.6. The summed E-state index contributed by atoms with van der Waals surface area (Å²) in [7, 11) is 0. The number of carbonyl (C=O) groups excluding carboxylic acids is 1. The van der Waals surface area contributed by atoms with E-state index in [0.29, 0.717) is 16.7 Å². The molecule has 0 fully saturated rings. The summed E-state index contributed by atoms with van der Waals surface area (Å²) in [6.45, 7) is 3.14. The van der Waals surface area contributed by atoms with Crippen molar-refractivity contribution in [2.75, 3.05) is 6.61 Å². The van der Waals surface area contributed by atoms with Gasteiger partial charge in [0.2, 0.25) is 5.88 Å². The first-order chi connectivity index (χ1) is 15.9. The number of fused-ring (bicyclic) bond motifs is 1. The van der Waals surface area contributed by atoms with Crippen LogP contribution in [0.1, 0.15) is 47.8 Å². The highest BCUT2D eigenvalue weighted by atomic mass is 19.3. The number of ether oxygens (including phenoxy) is 2. The van der Waals surface area contributed by atoms with Crippen molar-refractivity contribution in [2.24, 2.45) is 5.41 Å². The average Bonchev–Trinajstić information content (AvgIpc) is 2.75. The van der Waals surface area contributed by atoms with Crippen molar-refractivity contribution < 1.29 is 37.3 Å². The second kappa shape index (κ2) is 9.70. The summed E-state index contributed by atoms with van der Waals surface area (Å²) in [5.74, 6) is -2.45. The SMILES string of the molecule is Cc1c(Cc2ccc(C(=O)C(C)(C)C)cc2)c(OC(F)F)nc2c(F)ccc(OCC(=O)O)c12. The van der Waals surface area contributed by atoms with Gasteiger partial charge in [-0.25, -0.2) is 14.2 Å². The van der Waals surface area contributed by atoms with Gasteiger partial charge < -0.3 is 14.6 Å². The molecule has 1 heterocycles. The molecule has 0 atom stereocenters. The Balaban J connectivity index is 2.11. The molecule has 0 radical (unpaired) electrons. The summed E-state index contributed by atoms with van der Waals surface area (Å²) in [5, 5.41) is 9.10. The van der Waals surface area contributed by atoms with Gasteiger partial charge in [0.05, 0.1) is 0 Å². The fourth-order valence-electron chi connectivity index (χ4n) is 3.56. The number of Topliss-reactive ketones (excluding diaryl/α,β-unsaturated/α-hetero) is 1. The predicted octanol–water partition coefficient (Wildman–Crippen LogP) is 5.57. The maximum atomic E-state index is 14.5. The van der Waals surface area contributed by atoms with Gasteiger partial charge in [-0.05, 0) is 30.2 Å². The molecule has 0 amide bonds. The second-order valence-corrected chi connectivity index (χ2v) is 8.80. The van der Waals surface area contributed by atoms with Gasteiger partial charge in [0, 0.05) is 28.3 Å². The number of benzene rings is 2. The Labute approximate surface area is 194 Å². The highest BCUT2D eigenvalue weighted by Crippen LogP contribution is 2.37. The van der Waals surface area contributed by atoms with E-state index in [1.54, 1.807) is 31.2 Å². The lowest BCUT2D eigenvalue weighted by Crippen LogP contribution is -2.20. The lowest BCUT2D eigenvalue weighted by molar-refractivity contribution is -0.139. The summed E-state index contributed by atoms with van der Waals surface area (Å²) in [6, 6.07) is 8.98. The molecule has 34 heavy (non-hydrogen) atoms. The minimum atomic E-state index is -3.19. The number of aliphatic carboxylic acids is 1. The van der Waals surface area contributed by atoms with Crippen molar-refractivity contribution >= 4 is 22.7 Å². The van der Waals surface area contributed by atoms with Crippen molar-refractivity contribution in [1.29, 1.82) is 0 Å². The Morgan fingerprint density at radius 3 is 2.29 bits per heavy atom. The van der Waals surface area contributed by atoms with Crippen LogP contribution in [0.5, 0.6) is 11.6 Å². The van der Waals surface area contributed by atoms with Gasteiger partial charge in [-0.1, -0.05) is 45.0 Å². The summed E-state index contributed by atoms with van der Waals surface area (Å²) in [4.78, 5) is 27.4. The van der Waals surface area contributed by atoms with E-state index < -0.39 is 36.3 Å². The standard InChI is InChI=1S/C25H24F3NO5/c1-13-16(11-14-5-7-15(8-6-14)22(32)25(2,3)4)23(34-24(27)28)29-21-17(26)9-10-18(20(13)21)33-12-19(30)31/h5-10,24H,11-12H2,1-4H3,(H,30,31). The molecule has 3 aromatic rings. The van der Waals surface area contributed by atoms with E-state index >= 15 is 0 Å². The van der Waals surface area contributed by atoms with Crippen LogP contribution < -0.4 is 9.47 Å². The van der Waals surface area contributed by atoms with Gasteiger partial charge in [0.1, 0.15) is 17.1 Å². The molecule has 0 aliphatic heterocycles. The lowest BCUT2D eigenvalue weighted by atomic mass is 9.86. The Hall–Kier alpha value is -3.62.